The third kappa shape index (κ3) is 4.25. The predicted octanol–water partition coefficient (Wildman–Crippen LogP) is 4.15. The summed E-state index contributed by atoms with van der Waals surface area (Å²) in [6, 6.07) is 10.7. The van der Waals surface area contributed by atoms with Crippen molar-refractivity contribution in [3.63, 3.8) is 0 Å². The van der Waals surface area contributed by atoms with E-state index in [4.69, 9.17) is 9.47 Å². The summed E-state index contributed by atoms with van der Waals surface area (Å²) < 4.78 is 12.0. The van der Waals surface area contributed by atoms with Crippen LogP contribution in [0.5, 0.6) is 11.5 Å². The highest BCUT2D eigenvalue weighted by atomic mass is 79.9. The Morgan fingerprint density at radius 1 is 1.22 bits per heavy atom. The quantitative estimate of drug-likeness (QED) is 0.350. The average molecular weight is 502 g/mol. The molecule has 168 valence electrons. The van der Waals surface area contributed by atoms with E-state index in [2.05, 4.69) is 15.9 Å². The predicted molar refractivity (Wildman–Crippen MR) is 121 cm³/mol. The first-order valence-electron chi connectivity index (χ1n) is 10.5. The van der Waals surface area contributed by atoms with Gasteiger partial charge in [0.25, 0.3) is 11.7 Å². The van der Waals surface area contributed by atoms with Crippen LogP contribution in [-0.2, 0) is 14.3 Å². The molecule has 32 heavy (non-hydrogen) atoms. The van der Waals surface area contributed by atoms with E-state index in [1.807, 2.05) is 0 Å². The maximum atomic E-state index is 13.1. The molecule has 0 aliphatic carbocycles. The lowest BCUT2D eigenvalue weighted by atomic mass is 9.95. The van der Waals surface area contributed by atoms with Gasteiger partial charge in [0.1, 0.15) is 5.76 Å². The smallest absolute Gasteiger partial charge is 0.295 e. The Kier molecular flexibility index (Phi) is 6.53. The fourth-order valence-electron chi connectivity index (χ4n) is 4.16. The van der Waals surface area contributed by atoms with Crippen molar-refractivity contribution in [2.45, 2.75) is 31.9 Å². The molecule has 0 radical (unpaired) electrons. The number of hydrogen-bond acceptors (Lipinski definition) is 6. The zero-order valence-corrected chi connectivity index (χ0v) is 19.2. The van der Waals surface area contributed by atoms with Gasteiger partial charge in [-0.3, -0.25) is 9.59 Å². The molecule has 2 aromatic rings. The van der Waals surface area contributed by atoms with Gasteiger partial charge in [-0.2, -0.15) is 0 Å². The number of benzene rings is 2. The molecule has 0 saturated carbocycles. The summed E-state index contributed by atoms with van der Waals surface area (Å²) in [7, 11) is 0. The van der Waals surface area contributed by atoms with Crippen molar-refractivity contribution in [2.24, 2.45) is 0 Å². The van der Waals surface area contributed by atoms with Crippen molar-refractivity contribution in [3.05, 3.63) is 63.6 Å². The Hall–Kier alpha value is -2.84. The molecule has 0 aromatic heterocycles. The summed E-state index contributed by atoms with van der Waals surface area (Å²) in [6.45, 7) is 2.98. The largest absolute Gasteiger partial charge is 0.507 e. The van der Waals surface area contributed by atoms with E-state index in [9.17, 15) is 19.8 Å². The number of phenolic OH excluding ortho intramolecular Hbond substituents is 1. The molecule has 0 spiro atoms. The Bertz CT molecular complexity index is 1060. The van der Waals surface area contributed by atoms with E-state index in [0.29, 0.717) is 24.3 Å². The first-order valence-corrected chi connectivity index (χ1v) is 11.3. The average Bonchev–Trinajstić information content (AvgIpc) is 3.38. The Morgan fingerprint density at radius 2 is 1.97 bits per heavy atom. The van der Waals surface area contributed by atoms with Crippen LogP contribution in [-0.4, -0.2) is 52.7 Å². The van der Waals surface area contributed by atoms with Gasteiger partial charge in [0.2, 0.25) is 0 Å². The highest BCUT2D eigenvalue weighted by molar-refractivity contribution is 9.10. The SMILES string of the molecule is CCOc1cc(C2/C(=C(\O)c3ccc(Br)cc3)C(=O)C(=O)N2CC2CCCO2)ccc1O. The van der Waals surface area contributed by atoms with Crippen LogP contribution in [0.1, 0.15) is 36.9 Å². The van der Waals surface area contributed by atoms with Gasteiger partial charge in [-0.25, -0.2) is 0 Å². The summed E-state index contributed by atoms with van der Waals surface area (Å²) in [5.41, 5.74) is 0.989. The maximum absolute atomic E-state index is 13.1. The molecule has 2 heterocycles. The topological polar surface area (TPSA) is 96.3 Å². The zero-order valence-electron chi connectivity index (χ0n) is 17.6. The monoisotopic (exact) mass is 501 g/mol. The second kappa shape index (κ2) is 9.34. The molecule has 2 N–H and O–H groups in total. The van der Waals surface area contributed by atoms with Gasteiger partial charge in [0.05, 0.1) is 24.3 Å². The number of likely N-dealkylation sites (tertiary alicyclic amines) is 1. The van der Waals surface area contributed by atoms with E-state index in [-0.39, 0.29) is 35.5 Å². The third-order valence-electron chi connectivity index (χ3n) is 5.68. The molecule has 2 fully saturated rings. The van der Waals surface area contributed by atoms with Crippen LogP contribution in [0.15, 0.2) is 52.5 Å². The number of Topliss-reactive ketones (excluding diaryl/α,β-unsaturated/α-hetero) is 1. The van der Waals surface area contributed by atoms with Crippen molar-refractivity contribution in [1.29, 1.82) is 0 Å². The van der Waals surface area contributed by atoms with E-state index < -0.39 is 17.7 Å². The van der Waals surface area contributed by atoms with Gasteiger partial charge in [-0.05, 0) is 49.6 Å². The number of phenols is 1. The molecule has 2 aromatic carbocycles. The van der Waals surface area contributed by atoms with Crippen molar-refractivity contribution in [2.75, 3.05) is 19.8 Å². The summed E-state index contributed by atoms with van der Waals surface area (Å²) >= 11 is 3.36. The number of aliphatic hydroxyl groups is 1. The van der Waals surface area contributed by atoms with Gasteiger partial charge < -0.3 is 24.6 Å². The molecule has 2 saturated heterocycles. The summed E-state index contributed by atoms with van der Waals surface area (Å²) in [4.78, 5) is 27.6. The van der Waals surface area contributed by atoms with Crippen molar-refractivity contribution in [3.8, 4) is 11.5 Å². The molecule has 7 nitrogen and oxygen atoms in total. The lowest BCUT2D eigenvalue weighted by molar-refractivity contribution is -0.140. The van der Waals surface area contributed by atoms with Crippen molar-refractivity contribution in [1.82, 2.24) is 4.90 Å². The number of ketones is 1. The summed E-state index contributed by atoms with van der Waals surface area (Å²) in [6.07, 6.45) is 1.51. The normalized spacial score (nSPS) is 22.5. The standard InChI is InChI=1S/C24H24BrNO6/c1-2-31-19-12-15(7-10-18(19)27)21-20(22(28)14-5-8-16(25)9-6-14)23(29)24(30)26(21)13-17-4-3-11-32-17/h5-10,12,17,21,27-28H,2-4,11,13H2,1H3/b22-20+. The van der Waals surface area contributed by atoms with Crippen LogP contribution in [0.4, 0.5) is 0 Å². The molecule has 0 bridgehead atoms. The number of hydrogen-bond donors (Lipinski definition) is 2. The van der Waals surface area contributed by atoms with Gasteiger partial charge in [-0.15, -0.1) is 0 Å². The number of halogens is 1. The fraction of sp³-hybridized carbons (Fsp3) is 0.333. The number of ether oxygens (including phenoxy) is 2. The molecular formula is C24H24BrNO6. The minimum Gasteiger partial charge on any atom is -0.507 e. The van der Waals surface area contributed by atoms with E-state index in [1.165, 1.54) is 11.0 Å². The maximum Gasteiger partial charge on any atom is 0.295 e. The Morgan fingerprint density at radius 3 is 2.62 bits per heavy atom. The highest BCUT2D eigenvalue weighted by Crippen LogP contribution is 2.42. The van der Waals surface area contributed by atoms with Crippen LogP contribution in [0.2, 0.25) is 0 Å². The number of nitrogens with zero attached hydrogens (tertiary/aromatic N) is 1. The molecule has 2 unspecified atom stereocenters. The number of rotatable bonds is 6. The molecule has 2 aliphatic rings. The second-order valence-corrected chi connectivity index (χ2v) is 8.67. The zero-order chi connectivity index (χ0) is 22.8. The summed E-state index contributed by atoms with van der Waals surface area (Å²) in [5, 5.41) is 21.2. The Labute approximate surface area is 194 Å². The molecule has 2 atom stereocenters. The van der Waals surface area contributed by atoms with Gasteiger partial charge in [0, 0.05) is 23.2 Å². The van der Waals surface area contributed by atoms with Crippen molar-refractivity contribution < 1.29 is 29.3 Å². The first-order chi connectivity index (χ1) is 15.4. The molecule has 2 aliphatic heterocycles. The lowest BCUT2D eigenvalue weighted by Crippen LogP contribution is -2.36. The van der Waals surface area contributed by atoms with Crippen LogP contribution in [0, 0.1) is 0 Å². The second-order valence-electron chi connectivity index (χ2n) is 7.75. The van der Waals surface area contributed by atoms with Crippen LogP contribution in [0.3, 0.4) is 0 Å². The summed E-state index contributed by atoms with van der Waals surface area (Å²) in [5.74, 6) is -1.48. The minimum absolute atomic E-state index is 0.00320. The number of amides is 1. The number of aliphatic hydroxyl groups excluding tert-OH is 1. The molecular weight excluding hydrogens is 478 g/mol. The van der Waals surface area contributed by atoms with E-state index in [0.717, 1.165) is 17.3 Å². The fourth-order valence-corrected chi connectivity index (χ4v) is 4.42. The molecule has 4 rings (SSSR count). The number of carbonyl (C=O) groups is 2. The highest BCUT2D eigenvalue weighted by Gasteiger charge is 2.47. The third-order valence-corrected chi connectivity index (χ3v) is 6.21. The van der Waals surface area contributed by atoms with Crippen molar-refractivity contribution >= 4 is 33.4 Å². The minimum atomic E-state index is -0.831. The van der Waals surface area contributed by atoms with E-state index >= 15 is 0 Å². The number of carbonyl (C=O) groups excluding carboxylic acids is 2. The van der Waals surface area contributed by atoms with Crippen LogP contribution < -0.4 is 4.74 Å². The first kappa shape index (κ1) is 22.4. The Balaban J connectivity index is 1.84. The van der Waals surface area contributed by atoms with Gasteiger partial charge in [-0.1, -0.05) is 34.1 Å². The van der Waals surface area contributed by atoms with E-state index in [1.54, 1.807) is 43.3 Å². The van der Waals surface area contributed by atoms with Gasteiger partial charge >= 0.3 is 0 Å². The van der Waals surface area contributed by atoms with Crippen LogP contribution in [0.25, 0.3) is 5.76 Å². The van der Waals surface area contributed by atoms with Crippen LogP contribution >= 0.6 is 15.9 Å². The van der Waals surface area contributed by atoms with Gasteiger partial charge in [0.15, 0.2) is 11.5 Å². The molecule has 8 heteroatoms. The lowest BCUT2D eigenvalue weighted by Gasteiger charge is -2.27. The molecule has 1 amide bonds. The number of aromatic hydroxyl groups is 1.